The third-order valence-corrected chi connectivity index (χ3v) is 7.10. The summed E-state index contributed by atoms with van der Waals surface area (Å²) >= 11 is 7.86. The molecule has 2 aromatic rings. The molecule has 1 aliphatic heterocycles. The van der Waals surface area contributed by atoms with Gasteiger partial charge in [0.1, 0.15) is 10.8 Å². The van der Waals surface area contributed by atoms with E-state index in [-0.39, 0.29) is 96.5 Å². The Morgan fingerprint density at radius 2 is 0.770 bits per heavy atom. The molecular formula is C52H95ClN2O2W2Y2-4. The molecule has 3 rings (SSSR count). The summed E-state index contributed by atoms with van der Waals surface area (Å²) in [7, 11) is 0. The first kappa shape index (κ1) is 99.2. The van der Waals surface area contributed by atoms with E-state index in [2.05, 4.69) is 65.7 Å². The van der Waals surface area contributed by atoms with E-state index in [0.717, 1.165) is 5.71 Å². The Morgan fingerprint density at radius 3 is 0.820 bits per heavy atom. The molecule has 0 spiro atoms. The van der Waals surface area contributed by atoms with Crippen molar-refractivity contribution in [3.63, 3.8) is 0 Å². The molecule has 1 heterocycles. The average molecular weight is 1360 g/mol. The molecule has 0 bridgehead atoms. The molecule has 1 N–H and O–H groups in total. The maximum atomic E-state index is 7.60. The van der Waals surface area contributed by atoms with Crippen LogP contribution in [0.5, 0.6) is 0 Å². The second-order valence-electron chi connectivity index (χ2n) is 10.2. The van der Waals surface area contributed by atoms with E-state index in [1.807, 2.05) is 184 Å². The molecule has 4 nitrogen and oxygen atoms in total. The Morgan fingerprint density at radius 1 is 0.574 bits per heavy atom. The Labute approximate surface area is 462 Å². The van der Waals surface area contributed by atoms with E-state index in [1.54, 1.807) is 12.2 Å². The van der Waals surface area contributed by atoms with Gasteiger partial charge in [0, 0.05) is 70.8 Å². The van der Waals surface area contributed by atoms with Crippen molar-refractivity contribution in [2.75, 3.05) is 0 Å². The summed E-state index contributed by atoms with van der Waals surface area (Å²) in [6, 6.07) is 24.0. The van der Waals surface area contributed by atoms with Crippen molar-refractivity contribution in [3.05, 3.63) is 148 Å². The zero-order valence-corrected chi connectivity index (χ0v) is 56.1. The monoisotopic (exact) mass is 1360 g/mol. The predicted molar refractivity (Wildman–Crippen MR) is 274 cm³/mol. The number of halogens is 1. The summed E-state index contributed by atoms with van der Waals surface area (Å²) in [5, 5.41) is 14.3. The molecule has 0 unspecified atom stereocenters. The molecule has 0 aromatic heterocycles. The van der Waals surface area contributed by atoms with Crippen LogP contribution in [-0.4, -0.2) is 30.5 Å². The summed E-state index contributed by atoms with van der Waals surface area (Å²) in [5.74, 6) is 0. The van der Waals surface area contributed by atoms with E-state index >= 15 is 0 Å². The van der Waals surface area contributed by atoms with Crippen LogP contribution in [0, 0.1) is 33.4 Å². The quantitative estimate of drug-likeness (QED) is 0.0828. The molecule has 1 aliphatic rings. The molecule has 354 valence electrons. The summed E-state index contributed by atoms with van der Waals surface area (Å²) in [6.07, 6.45) is 10.4. The first-order valence-electron chi connectivity index (χ1n) is 20.1. The fourth-order valence-corrected chi connectivity index (χ4v) is 2.49. The van der Waals surface area contributed by atoms with Gasteiger partial charge in [-0.2, -0.15) is 0 Å². The van der Waals surface area contributed by atoms with E-state index < -0.39 is 0 Å². The smallest absolute Gasteiger partial charge is 0 e. The topological polar surface area (TPSA) is 54.2 Å². The van der Waals surface area contributed by atoms with Crippen molar-refractivity contribution in [1.82, 2.24) is 0 Å². The van der Waals surface area contributed by atoms with Crippen molar-refractivity contribution in [2.24, 2.45) is 15.7 Å². The summed E-state index contributed by atoms with van der Waals surface area (Å²) in [4.78, 5) is 5.26. The number of allylic oxidation sites excluding steroid dienone is 8. The first-order chi connectivity index (χ1) is 27.1. The van der Waals surface area contributed by atoms with Crippen LogP contribution < -0.4 is 0 Å². The van der Waals surface area contributed by atoms with Crippen LogP contribution in [0.1, 0.15) is 152 Å². The van der Waals surface area contributed by atoms with Crippen LogP contribution >= 0.6 is 11.6 Å². The molecule has 0 aliphatic carbocycles. The van der Waals surface area contributed by atoms with Gasteiger partial charge in [0.05, 0.1) is 5.71 Å². The van der Waals surface area contributed by atoms with Gasteiger partial charge in [-0.25, -0.2) is 0 Å². The van der Waals surface area contributed by atoms with E-state index in [4.69, 9.17) is 34.8 Å². The summed E-state index contributed by atoms with van der Waals surface area (Å²) in [5.41, 5.74) is 3.87. The van der Waals surface area contributed by atoms with Gasteiger partial charge in [-0.05, 0) is 55.4 Å². The standard InChI is InChI=1S/C8H15NO.2C6H6.C6H12.2C5H5.C2H4ClNO.6C2H6.2CH3.2W.2Y/c1-6-7(2,3)8(4,5)10-9-6;2*1-2-4-6-5-3-1;1-5(2)6(3)4;2*1-3-5-4-2;1-2(3)4-5;6*1-2;;;;;;/h1-5H3;2*1-6H;1-4H3;2*1-5H;5H,1H3;6*1-2H3;2*1H3;;;;/q;;;;2*-1;;;;;;;;2*-1;;;;/b;;;;;;4-2-;;;;;;;;;;;;. The van der Waals surface area contributed by atoms with E-state index in [0.29, 0.717) is 0 Å². The van der Waals surface area contributed by atoms with Crippen LogP contribution in [0.2, 0.25) is 0 Å². The number of hydrogen-bond acceptors (Lipinski definition) is 4. The molecule has 61 heavy (non-hydrogen) atoms. The predicted octanol–water partition coefficient (Wildman–Crippen LogP) is 17.8. The molecule has 0 saturated carbocycles. The summed E-state index contributed by atoms with van der Waals surface area (Å²) in [6.45, 7) is 54.4. The van der Waals surface area contributed by atoms with Gasteiger partial charge in [0.25, 0.3) is 0 Å². The van der Waals surface area contributed by atoms with E-state index in [1.165, 1.54) is 68.9 Å². The van der Waals surface area contributed by atoms with Crippen LogP contribution in [0.15, 0.2) is 131 Å². The Hall–Kier alpha value is -0.306. The van der Waals surface area contributed by atoms with Gasteiger partial charge in [0.2, 0.25) is 0 Å². The summed E-state index contributed by atoms with van der Waals surface area (Å²) < 4.78 is 4.01. The third kappa shape index (κ3) is 99.5. The molecule has 2 radical (unpaired) electrons. The minimum absolute atomic E-state index is 0. The van der Waals surface area contributed by atoms with Crippen LogP contribution in [0.4, 0.5) is 0 Å². The number of benzene rings is 2. The second-order valence-corrected chi connectivity index (χ2v) is 12.7. The SMILES string of the molecule is C/C(Cl)=N/O.CC.CC.CC.CC.CC.CC.CC(C)=C(C)C.CC1=NOC(C)(C)C1(C)C.[CH-]=CC=C[CH]=[W].[CH-]=CC=C[CH]=[W].[CH3-].[CH3-].[Y].[Y].c1ccccc1.c1ccccc1. The minimum atomic E-state index is -0.142. The Kier molecular flexibility index (Phi) is 153. The maximum Gasteiger partial charge on any atom is 0 e. The van der Waals surface area contributed by atoms with Crippen LogP contribution in [-0.2, 0) is 109 Å². The van der Waals surface area contributed by atoms with Crippen molar-refractivity contribution < 1.29 is 114 Å². The number of hydrogen-bond donors (Lipinski definition) is 1. The first-order valence-corrected chi connectivity index (χ1v) is 23.9. The number of nitrogens with zero attached hydrogens (tertiary/aromatic N) is 2. The molecule has 0 amide bonds. The zero-order valence-electron chi connectivity index (χ0n) is 43.8. The van der Waals surface area contributed by atoms with Crippen LogP contribution in [0.3, 0.4) is 0 Å². The van der Waals surface area contributed by atoms with Gasteiger partial charge >= 0.3 is 97.1 Å². The maximum absolute atomic E-state index is 7.60. The van der Waals surface area contributed by atoms with Crippen molar-refractivity contribution >= 4 is 31.3 Å². The van der Waals surface area contributed by atoms with Gasteiger partial charge in [-0.3, -0.25) is 0 Å². The Balaban J connectivity index is -0.0000000337. The average Bonchev–Trinajstić information content (AvgIpc) is 3.46. The van der Waals surface area contributed by atoms with Gasteiger partial charge < -0.3 is 24.9 Å². The van der Waals surface area contributed by atoms with Gasteiger partial charge in [0.15, 0.2) is 0 Å². The second kappa shape index (κ2) is 94.3. The van der Waals surface area contributed by atoms with Crippen molar-refractivity contribution in [1.29, 1.82) is 0 Å². The van der Waals surface area contributed by atoms with Crippen molar-refractivity contribution in [3.8, 4) is 0 Å². The third-order valence-electron chi connectivity index (χ3n) is 5.89. The number of rotatable bonds is 4. The van der Waals surface area contributed by atoms with Gasteiger partial charge in [-0.15, -0.1) is 0 Å². The molecular weight excluding hydrogens is 1270 g/mol. The molecule has 0 fully saturated rings. The fourth-order valence-electron chi connectivity index (χ4n) is 1.84. The molecule has 9 heteroatoms. The van der Waals surface area contributed by atoms with E-state index in [9.17, 15) is 0 Å². The fraction of sp³-hybridized carbons (Fsp3) is 0.462. The van der Waals surface area contributed by atoms with Gasteiger partial charge in [-0.1, -0.05) is 203 Å². The van der Waals surface area contributed by atoms with Crippen molar-refractivity contribution in [2.45, 2.75) is 158 Å². The zero-order chi connectivity index (χ0) is 47.6. The molecule has 2 aromatic carbocycles. The number of oxime groups is 2. The normalized spacial score (nSPS) is 10.1. The minimum Gasteiger partial charge on any atom is -0.358 e. The molecule has 0 atom stereocenters. The molecule has 0 saturated heterocycles. The largest absolute Gasteiger partial charge is 0.358 e. The Bertz CT molecular complexity index is 1040. The van der Waals surface area contributed by atoms with Crippen LogP contribution in [0.25, 0.3) is 0 Å².